The van der Waals surface area contributed by atoms with Crippen molar-refractivity contribution >= 4 is 9.84 Å². The van der Waals surface area contributed by atoms with Crippen LogP contribution in [-0.4, -0.2) is 83.5 Å². The first-order valence-electron chi connectivity index (χ1n) is 6.76. The SMILES string of the molecule is COC1CN(CCC2CS(=O)(=O)CCN2)CC1OC. The molecule has 7 heteroatoms. The van der Waals surface area contributed by atoms with Crippen LogP contribution in [0.1, 0.15) is 6.42 Å². The van der Waals surface area contributed by atoms with Crippen molar-refractivity contribution in [1.29, 1.82) is 0 Å². The Kier molecular flexibility index (Phi) is 5.19. The van der Waals surface area contributed by atoms with Crippen LogP contribution in [0.4, 0.5) is 0 Å². The highest BCUT2D eigenvalue weighted by Gasteiger charge is 2.33. The minimum atomic E-state index is -2.84. The first-order valence-corrected chi connectivity index (χ1v) is 8.58. The second-order valence-corrected chi connectivity index (χ2v) is 7.59. The van der Waals surface area contributed by atoms with Crippen LogP contribution in [-0.2, 0) is 19.3 Å². The van der Waals surface area contributed by atoms with Gasteiger partial charge in [0.05, 0.1) is 23.7 Å². The molecular weight excluding hydrogens is 268 g/mol. The van der Waals surface area contributed by atoms with Crippen molar-refractivity contribution in [2.45, 2.75) is 24.7 Å². The van der Waals surface area contributed by atoms with Gasteiger partial charge in [-0.15, -0.1) is 0 Å². The number of nitrogens with one attached hydrogen (secondary N) is 1. The molecule has 2 aliphatic rings. The molecule has 0 aromatic carbocycles. The van der Waals surface area contributed by atoms with E-state index in [2.05, 4.69) is 10.2 Å². The largest absolute Gasteiger partial charge is 0.377 e. The van der Waals surface area contributed by atoms with E-state index in [1.54, 1.807) is 14.2 Å². The van der Waals surface area contributed by atoms with E-state index in [1.165, 1.54) is 0 Å². The molecule has 112 valence electrons. The predicted octanol–water partition coefficient (Wildman–Crippen LogP) is -0.891. The van der Waals surface area contributed by atoms with Crippen molar-refractivity contribution in [3.05, 3.63) is 0 Å². The third-order valence-corrected chi connectivity index (χ3v) is 5.73. The monoisotopic (exact) mass is 292 g/mol. The maximum Gasteiger partial charge on any atom is 0.153 e. The summed E-state index contributed by atoms with van der Waals surface area (Å²) in [6, 6.07) is 0.0846. The van der Waals surface area contributed by atoms with Crippen LogP contribution in [0.15, 0.2) is 0 Å². The third kappa shape index (κ3) is 4.13. The second kappa shape index (κ2) is 6.49. The molecule has 2 aliphatic heterocycles. The molecule has 0 saturated carbocycles. The molecule has 0 amide bonds. The van der Waals surface area contributed by atoms with Crippen LogP contribution < -0.4 is 5.32 Å². The first-order chi connectivity index (χ1) is 9.04. The van der Waals surface area contributed by atoms with Gasteiger partial charge in [-0.05, 0) is 13.0 Å². The Bertz CT molecular complexity index is 375. The fourth-order valence-electron chi connectivity index (χ4n) is 2.84. The Morgan fingerprint density at radius 1 is 1.21 bits per heavy atom. The highest BCUT2D eigenvalue weighted by Crippen LogP contribution is 2.16. The molecular formula is C12H24N2O4S. The second-order valence-electron chi connectivity index (χ2n) is 5.36. The van der Waals surface area contributed by atoms with E-state index in [1.807, 2.05) is 0 Å². The van der Waals surface area contributed by atoms with Gasteiger partial charge in [0.25, 0.3) is 0 Å². The van der Waals surface area contributed by atoms with Gasteiger partial charge in [0.15, 0.2) is 9.84 Å². The van der Waals surface area contributed by atoms with Crippen molar-refractivity contribution in [3.8, 4) is 0 Å². The molecule has 2 saturated heterocycles. The molecule has 19 heavy (non-hydrogen) atoms. The van der Waals surface area contributed by atoms with Crippen molar-refractivity contribution in [2.75, 3.05) is 51.9 Å². The highest BCUT2D eigenvalue weighted by atomic mass is 32.2. The summed E-state index contributed by atoms with van der Waals surface area (Å²) in [5, 5.41) is 3.28. The summed E-state index contributed by atoms with van der Waals surface area (Å²) in [6.07, 6.45) is 1.09. The third-order valence-electron chi connectivity index (χ3n) is 3.99. The number of rotatable bonds is 5. The molecule has 3 atom stereocenters. The summed E-state index contributed by atoms with van der Waals surface area (Å²) in [6.45, 7) is 3.17. The molecule has 2 rings (SSSR count). The Balaban J connectivity index is 1.77. The lowest BCUT2D eigenvalue weighted by Gasteiger charge is -2.25. The number of hydrogen-bond donors (Lipinski definition) is 1. The van der Waals surface area contributed by atoms with Crippen LogP contribution in [0.3, 0.4) is 0 Å². The molecule has 1 N–H and O–H groups in total. The topological polar surface area (TPSA) is 67.9 Å². The number of hydrogen-bond acceptors (Lipinski definition) is 6. The van der Waals surface area contributed by atoms with Gasteiger partial charge in [0, 0.05) is 39.9 Å². The Morgan fingerprint density at radius 2 is 1.84 bits per heavy atom. The molecule has 6 nitrogen and oxygen atoms in total. The summed E-state index contributed by atoms with van der Waals surface area (Å²) in [5.74, 6) is 0.535. The first kappa shape index (κ1) is 15.2. The Labute approximate surface area is 115 Å². The van der Waals surface area contributed by atoms with Crippen LogP contribution in [0.2, 0.25) is 0 Å². The average Bonchev–Trinajstić information content (AvgIpc) is 2.77. The van der Waals surface area contributed by atoms with Crippen molar-refractivity contribution in [2.24, 2.45) is 0 Å². The zero-order chi connectivity index (χ0) is 13.9. The minimum absolute atomic E-state index is 0.0846. The van der Waals surface area contributed by atoms with Crippen LogP contribution in [0.5, 0.6) is 0 Å². The molecule has 2 fully saturated rings. The van der Waals surface area contributed by atoms with Crippen LogP contribution in [0.25, 0.3) is 0 Å². The fourth-order valence-corrected chi connectivity index (χ4v) is 4.34. The van der Waals surface area contributed by atoms with Gasteiger partial charge in [0.1, 0.15) is 0 Å². The van der Waals surface area contributed by atoms with Crippen molar-refractivity contribution < 1.29 is 17.9 Å². The quantitative estimate of drug-likeness (QED) is 0.709. The van der Waals surface area contributed by atoms with Gasteiger partial charge < -0.3 is 14.8 Å². The summed E-state index contributed by atoms with van der Waals surface area (Å²) in [4.78, 5) is 2.28. The number of sulfone groups is 1. The minimum Gasteiger partial charge on any atom is -0.377 e. The lowest BCUT2D eigenvalue weighted by Crippen LogP contribution is -2.46. The van der Waals surface area contributed by atoms with Crippen LogP contribution >= 0.6 is 0 Å². The van der Waals surface area contributed by atoms with E-state index >= 15 is 0 Å². The number of ether oxygens (including phenoxy) is 2. The Morgan fingerprint density at radius 3 is 2.37 bits per heavy atom. The molecule has 0 aromatic heterocycles. The highest BCUT2D eigenvalue weighted by molar-refractivity contribution is 7.91. The smallest absolute Gasteiger partial charge is 0.153 e. The van der Waals surface area contributed by atoms with Crippen molar-refractivity contribution in [1.82, 2.24) is 10.2 Å². The maximum atomic E-state index is 11.6. The number of likely N-dealkylation sites (tertiary alicyclic amines) is 1. The lowest BCUT2D eigenvalue weighted by atomic mass is 10.2. The molecule has 0 bridgehead atoms. The van der Waals surface area contributed by atoms with Gasteiger partial charge in [0.2, 0.25) is 0 Å². The lowest BCUT2D eigenvalue weighted by molar-refractivity contribution is -0.00461. The van der Waals surface area contributed by atoms with E-state index in [0.29, 0.717) is 6.54 Å². The summed E-state index contributed by atoms with van der Waals surface area (Å²) in [7, 11) is 0.569. The Hall–Kier alpha value is -0.210. The summed E-state index contributed by atoms with van der Waals surface area (Å²) in [5.41, 5.74) is 0. The standard InChI is InChI=1S/C12H24N2O4S/c1-17-11-7-14(8-12(11)18-2)5-3-10-9-19(15,16)6-4-13-10/h10-13H,3-9H2,1-2H3. The predicted molar refractivity (Wildman–Crippen MR) is 73.1 cm³/mol. The van der Waals surface area contributed by atoms with Crippen LogP contribution in [0, 0.1) is 0 Å². The van der Waals surface area contributed by atoms with Gasteiger partial charge in [-0.1, -0.05) is 0 Å². The molecule has 0 aromatic rings. The number of methoxy groups -OCH3 is 2. The van der Waals surface area contributed by atoms with E-state index in [9.17, 15) is 8.42 Å². The van der Waals surface area contributed by atoms with E-state index in [0.717, 1.165) is 26.1 Å². The van der Waals surface area contributed by atoms with Gasteiger partial charge in [-0.25, -0.2) is 8.42 Å². The summed E-state index contributed by atoms with van der Waals surface area (Å²) < 4.78 is 33.9. The van der Waals surface area contributed by atoms with E-state index in [4.69, 9.17) is 9.47 Å². The average molecular weight is 292 g/mol. The van der Waals surface area contributed by atoms with Gasteiger partial charge >= 0.3 is 0 Å². The molecule has 0 radical (unpaired) electrons. The summed E-state index contributed by atoms with van der Waals surface area (Å²) >= 11 is 0. The molecule has 0 spiro atoms. The van der Waals surface area contributed by atoms with E-state index in [-0.39, 0.29) is 29.8 Å². The van der Waals surface area contributed by atoms with Gasteiger partial charge in [-0.2, -0.15) is 0 Å². The number of nitrogens with zero attached hydrogens (tertiary/aromatic N) is 1. The zero-order valence-corrected chi connectivity index (χ0v) is 12.5. The van der Waals surface area contributed by atoms with E-state index < -0.39 is 9.84 Å². The van der Waals surface area contributed by atoms with Crippen molar-refractivity contribution in [3.63, 3.8) is 0 Å². The molecule has 2 heterocycles. The zero-order valence-electron chi connectivity index (χ0n) is 11.7. The maximum absolute atomic E-state index is 11.6. The fraction of sp³-hybridized carbons (Fsp3) is 1.00. The molecule has 0 aliphatic carbocycles. The normalized spacial score (nSPS) is 35.6. The van der Waals surface area contributed by atoms with Gasteiger partial charge in [-0.3, -0.25) is 4.90 Å². The molecule has 3 unspecified atom stereocenters.